The molecule has 0 aromatic heterocycles. The highest BCUT2D eigenvalue weighted by molar-refractivity contribution is 5.95. The van der Waals surface area contributed by atoms with Gasteiger partial charge in [-0.25, -0.2) is 8.78 Å². The molecule has 0 unspecified atom stereocenters. The number of primary amides is 1. The minimum Gasteiger partial charge on any atom is -0.426 e. The van der Waals surface area contributed by atoms with E-state index in [9.17, 15) is 28.0 Å². The Morgan fingerprint density at radius 1 is 0.642 bits per heavy atom. The number of esters is 2. The molecule has 6 rings (SSSR count). The van der Waals surface area contributed by atoms with E-state index in [0.29, 0.717) is 58.1 Å². The number of carbonyl (C=O) groups excluding carboxylic acids is 4. The monoisotopic (exact) mass is 725 g/mol. The summed E-state index contributed by atoms with van der Waals surface area (Å²) < 4.78 is 39.5. The van der Waals surface area contributed by atoms with Gasteiger partial charge in [-0.1, -0.05) is 88.4 Å². The first kappa shape index (κ1) is 40.6. The summed E-state index contributed by atoms with van der Waals surface area (Å²) in [6.07, 6.45) is 11.9. The Morgan fingerprint density at radius 2 is 1.19 bits per heavy atom. The highest BCUT2D eigenvalue weighted by Crippen LogP contribution is 2.32. The van der Waals surface area contributed by atoms with E-state index in [1.165, 1.54) is 38.0 Å². The molecule has 9 heteroatoms. The lowest BCUT2D eigenvalue weighted by molar-refractivity contribution is -0.136. The molecule has 0 aliphatic heterocycles. The zero-order chi connectivity index (χ0) is 37.0. The molecule has 1 amide bonds. The van der Waals surface area contributed by atoms with E-state index in [1.54, 1.807) is 66.7 Å². The summed E-state index contributed by atoms with van der Waals surface area (Å²) in [5.74, 6) is -1.62. The lowest BCUT2D eigenvalue weighted by atomic mass is 9.87. The molecule has 0 atom stereocenters. The number of Topliss-reactive ketones (excluding diaryl/α,β-unsaturated/α-hetero) is 1. The van der Waals surface area contributed by atoms with Gasteiger partial charge in [-0.2, -0.15) is 0 Å². The van der Waals surface area contributed by atoms with Crippen LogP contribution in [0.3, 0.4) is 0 Å². The fourth-order valence-corrected chi connectivity index (χ4v) is 6.95. The Labute approximate surface area is 310 Å². The second-order valence-electron chi connectivity index (χ2n) is 13.7. The Bertz CT molecular complexity index is 1890. The number of nitrogens with two attached hydrogens (primary N) is 1. The fourth-order valence-electron chi connectivity index (χ4n) is 6.95. The van der Waals surface area contributed by atoms with Gasteiger partial charge in [-0.3, -0.25) is 19.2 Å². The molecule has 0 spiro atoms. The lowest BCUT2D eigenvalue weighted by Gasteiger charge is -2.20. The predicted molar refractivity (Wildman–Crippen MR) is 203 cm³/mol. The minimum absolute atomic E-state index is 0. The quantitative estimate of drug-likeness (QED) is 0.0989. The molecule has 4 aromatic rings. The standard InChI is InChI=1S/C22H23FO3.C21H22FNO3.CH4/c1-15(24)17-9-5-10-18(14-17)19-11-6-12-20(22(19)23)26-21(25)13-16-7-3-2-4-8-16;22-18-11-17(15-7-4-8-16(10-15)21(23)25)12-19(13-18)26-20(24)9-14-5-2-1-3-6-14;/h5-6,9-12,14,16H,2-4,7-8,13H2,1H3;4,7-8,10-14H,1-3,5-6,9H2,(H2,23,25);1H4. The van der Waals surface area contributed by atoms with Crippen molar-refractivity contribution in [3.8, 4) is 33.8 Å². The van der Waals surface area contributed by atoms with E-state index in [1.807, 2.05) is 0 Å². The van der Waals surface area contributed by atoms with Gasteiger partial charge in [-0.15, -0.1) is 0 Å². The van der Waals surface area contributed by atoms with Gasteiger partial charge in [0.25, 0.3) is 0 Å². The lowest BCUT2D eigenvalue weighted by Crippen LogP contribution is -2.16. The van der Waals surface area contributed by atoms with Crippen molar-refractivity contribution in [2.75, 3.05) is 0 Å². The third-order valence-electron chi connectivity index (χ3n) is 9.71. The number of rotatable bonds is 10. The highest BCUT2D eigenvalue weighted by Gasteiger charge is 2.21. The Morgan fingerprint density at radius 3 is 1.79 bits per heavy atom. The molecule has 280 valence electrons. The van der Waals surface area contributed by atoms with Crippen LogP contribution in [0.4, 0.5) is 8.78 Å². The van der Waals surface area contributed by atoms with Crippen LogP contribution in [0.1, 0.15) is 112 Å². The summed E-state index contributed by atoms with van der Waals surface area (Å²) in [6, 6.07) is 22.3. The van der Waals surface area contributed by atoms with E-state index >= 15 is 0 Å². The van der Waals surface area contributed by atoms with E-state index in [0.717, 1.165) is 51.4 Å². The average Bonchev–Trinajstić information content (AvgIpc) is 3.13. The van der Waals surface area contributed by atoms with Gasteiger partial charge in [-0.05, 0) is 97.5 Å². The molecule has 2 fully saturated rings. The molecule has 2 aliphatic rings. The van der Waals surface area contributed by atoms with Crippen molar-refractivity contribution in [1.29, 1.82) is 0 Å². The van der Waals surface area contributed by atoms with Crippen LogP contribution in [0.15, 0.2) is 84.9 Å². The molecular weight excluding hydrogens is 676 g/mol. The number of hydrogen-bond acceptors (Lipinski definition) is 6. The molecule has 0 radical (unpaired) electrons. The Kier molecular flexibility index (Phi) is 15.0. The topological polar surface area (TPSA) is 113 Å². The number of ether oxygens (including phenoxy) is 2. The first-order valence-electron chi connectivity index (χ1n) is 18.1. The van der Waals surface area contributed by atoms with Gasteiger partial charge >= 0.3 is 11.9 Å². The van der Waals surface area contributed by atoms with Gasteiger partial charge < -0.3 is 15.2 Å². The van der Waals surface area contributed by atoms with Crippen LogP contribution >= 0.6 is 0 Å². The second-order valence-corrected chi connectivity index (χ2v) is 13.7. The number of benzene rings is 4. The van der Waals surface area contributed by atoms with E-state index in [2.05, 4.69) is 0 Å². The normalized spacial score (nSPS) is 14.5. The molecule has 0 bridgehead atoms. The predicted octanol–water partition coefficient (Wildman–Crippen LogP) is 10.7. The summed E-state index contributed by atoms with van der Waals surface area (Å²) in [4.78, 5) is 47.3. The number of amides is 1. The smallest absolute Gasteiger partial charge is 0.311 e. The molecular formula is C44H49F2NO6. The molecule has 7 nitrogen and oxygen atoms in total. The van der Waals surface area contributed by atoms with Crippen LogP contribution in [0.2, 0.25) is 0 Å². The first-order chi connectivity index (χ1) is 25.0. The molecule has 2 N–H and O–H groups in total. The maximum atomic E-state index is 14.9. The van der Waals surface area contributed by atoms with Crippen molar-refractivity contribution in [3.05, 3.63) is 108 Å². The number of carbonyl (C=O) groups is 4. The molecule has 0 heterocycles. The van der Waals surface area contributed by atoms with Gasteiger partial charge in [0, 0.05) is 35.6 Å². The maximum Gasteiger partial charge on any atom is 0.311 e. The van der Waals surface area contributed by atoms with Crippen molar-refractivity contribution in [2.45, 2.75) is 91.4 Å². The van der Waals surface area contributed by atoms with Crippen molar-refractivity contribution in [1.82, 2.24) is 0 Å². The van der Waals surface area contributed by atoms with Crippen LogP contribution in [0.25, 0.3) is 22.3 Å². The van der Waals surface area contributed by atoms with E-state index in [-0.39, 0.29) is 36.6 Å². The van der Waals surface area contributed by atoms with Gasteiger partial charge in [0.15, 0.2) is 17.3 Å². The van der Waals surface area contributed by atoms with Crippen LogP contribution in [-0.2, 0) is 9.59 Å². The number of hydrogen-bond donors (Lipinski definition) is 1. The summed E-state index contributed by atoms with van der Waals surface area (Å²) in [5, 5.41) is 0. The van der Waals surface area contributed by atoms with Gasteiger partial charge in [0.1, 0.15) is 11.6 Å². The third-order valence-corrected chi connectivity index (χ3v) is 9.71. The Hall–Kier alpha value is -5.18. The molecule has 2 aliphatic carbocycles. The first-order valence-corrected chi connectivity index (χ1v) is 18.1. The van der Waals surface area contributed by atoms with Crippen molar-refractivity contribution in [3.63, 3.8) is 0 Å². The SMILES string of the molecule is C.CC(=O)c1cccc(-c2cccc(OC(=O)CC3CCCCC3)c2F)c1.NC(=O)c1cccc(-c2cc(F)cc(OC(=O)CC3CCCCC3)c2)c1. The maximum absolute atomic E-state index is 14.9. The summed E-state index contributed by atoms with van der Waals surface area (Å²) >= 11 is 0. The molecule has 0 saturated heterocycles. The van der Waals surface area contributed by atoms with E-state index < -0.39 is 17.5 Å². The molecule has 53 heavy (non-hydrogen) atoms. The van der Waals surface area contributed by atoms with Crippen LogP contribution in [0.5, 0.6) is 11.5 Å². The second kappa shape index (κ2) is 19.6. The van der Waals surface area contributed by atoms with Crippen molar-refractivity contribution >= 4 is 23.6 Å². The van der Waals surface area contributed by atoms with Gasteiger partial charge in [0.2, 0.25) is 5.91 Å². The van der Waals surface area contributed by atoms with E-state index in [4.69, 9.17) is 15.2 Å². The van der Waals surface area contributed by atoms with Crippen LogP contribution < -0.4 is 15.2 Å². The van der Waals surface area contributed by atoms with Crippen molar-refractivity contribution < 1.29 is 37.4 Å². The summed E-state index contributed by atoms with van der Waals surface area (Å²) in [6.45, 7) is 1.47. The third kappa shape index (κ3) is 11.9. The van der Waals surface area contributed by atoms with Gasteiger partial charge in [0.05, 0.1) is 0 Å². The zero-order valence-corrected chi connectivity index (χ0v) is 29.5. The molecule has 4 aromatic carbocycles. The summed E-state index contributed by atoms with van der Waals surface area (Å²) in [7, 11) is 0. The van der Waals surface area contributed by atoms with Crippen LogP contribution in [0, 0.1) is 23.5 Å². The van der Waals surface area contributed by atoms with Crippen LogP contribution in [-0.4, -0.2) is 23.6 Å². The Balaban J connectivity index is 0.000000232. The molecule has 2 saturated carbocycles. The number of ketones is 1. The fraction of sp³-hybridized carbons (Fsp3) is 0.364. The minimum atomic E-state index is -0.579. The largest absolute Gasteiger partial charge is 0.426 e. The average molecular weight is 726 g/mol. The highest BCUT2D eigenvalue weighted by atomic mass is 19.1. The van der Waals surface area contributed by atoms with Crippen molar-refractivity contribution in [2.24, 2.45) is 17.6 Å². The number of halogens is 2. The summed E-state index contributed by atoms with van der Waals surface area (Å²) in [5.41, 5.74) is 8.20. The zero-order valence-electron chi connectivity index (χ0n) is 29.5.